The Kier molecular flexibility index (Phi) is 5.23. The van der Waals surface area contributed by atoms with E-state index < -0.39 is 0 Å². The zero-order valence-corrected chi connectivity index (χ0v) is 13.2. The van der Waals surface area contributed by atoms with E-state index in [-0.39, 0.29) is 18.6 Å². The Bertz CT molecular complexity index is 582. The van der Waals surface area contributed by atoms with Crippen LogP contribution in [0.5, 0.6) is 11.5 Å². The molecule has 1 aliphatic heterocycles. The van der Waals surface area contributed by atoms with Crippen molar-refractivity contribution in [2.75, 3.05) is 40.4 Å². The van der Waals surface area contributed by atoms with Gasteiger partial charge in [0.15, 0.2) is 18.1 Å². The summed E-state index contributed by atoms with van der Waals surface area (Å²) in [4.78, 5) is 16.4. The highest BCUT2D eigenvalue weighted by molar-refractivity contribution is 5.78. The molecule has 0 bridgehead atoms. The lowest BCUT2D eigenvalue weighted by atomic mass is 10.2. The first-order valence-electron chi connectivity index (χ1n) is 7.24. The van der Waals surface area contributed by atoms with Gasteiger partial charge in [0.05, 0.1) is 18.7 Å². The van der Waals surface area contributed by atoms with Crippen molar-refractivity contribution < 1.29 is 14.3 Å². The van der Waals surface area contributed by atoms with Gasteiger partial charge in [-0.2, -0.15) is 5.26 Å². The maximum absolute atomic E-state index is 12.3. The topological polar surface area (TPSA) is 65.8 Å². The molecule has 1 amide bonds. The van der Waals surface area contributed by atoms with Crippen molar-refractivity contribution in [3.05, 3.63) is 23.8 Å². The number of nitrogens with zero attached hydrogens (tertiary/aromatic N) is 3. The second-order valence-electron chi connectivity index (χ2n) is 5.46. The fourth-order valence-corrected chi connectivity index (χ4v) is 2.59. The number of nitriles is 1. The summed E-state index contributed by atoms with van der Waals surface area (Å²) in [6.45, 7) is 4.46. The highest BCUT2D eigenvalue weighted by Gasteiger charge is 2.26. The number of likely N-dealkylation sites (N-methyl/N-ethyl adjacent to an activating group) is 1. The highest BCUT2D eigenvalue weighted by atomic mass is 16.5. The first-order chi connectivity index (χ1) is 10.5. The average Bonchev–Trinajstić information content (AvgIpc) is 2.52. The highest BCUT2D eigenvalue weighted by Crippen LogP contribution is 2.27. The summed E-state index contributed by atoms with van der Waals surface area (Å²) < 4.78 is 10.8. The maximum atomic E-state index is 12.3. The molecule has 118 valence electrons. The van der Waals surface area contributed by atoms with E-state index in [2.05, 4.69) is 11.9 Å². The molecule has 0 radical (unpaired) electrons. The minimum atomic E-state index is -0.0352. The van der Waals surface area contributed by atoms with Gasteiger partial charge in [0.1, 0.15) is 0 Å². The summed E-state index contributed by atoms with van der Waals surface area (Å²) in [6, 6.07) is 7.10. The summed E-state index contributed by atoms with van der Waals surface area (Å²) >= 11 is 0. The van der Waals surface area contributed by atoms with Crippen molar-refractivity contribution in [2.24, 2.45) is 0 Å². The van der Waals surface area contributed by atoms with Gasteiger partial charge in [0, 0.05) is 31.7 Å². The predicted octanol–water partition coefficient (Wildman–Crippen LogP) is 1.11. The Balaban J connectivity index is 1.98. The van der Waals surface area contributed by atoms with Gasteiger partial charge >= 0.3 is 0 Å². The lowest BCUT2D eigenvalue weighted by Crippen LogP contribution is -2.53. The molecule has 0 unspecified atom stereocenters. The van der Waals surface area contributed by atoms with E-state index in [4.69, 9.17) is 14.7 Å². The normalized spacial score (nSPS) is 18.6. The Morgan fingerprint density at radius 1 is 1.41 bits per heavy atom. The van der Waals surface area contributed by atoms with Gasteiger partial charge in [0.2, 0.25) is 0 Å². The first-order valence-corrected chi connectivity index (χ1v) is 7.24. The fraction of sp³-hybridized carbons (Fsp3) is 0.500. The van der Waals surface area contributed by atoms with Crippen LogP contribution in [0.1, 0.15) is 12.5 Å². The number of piperazine rings is 1. The van der Waals surface area contributed by atoms with Gasteiger partial charge < -0.3 is 19.3 Å². The molecule has 1 aliphatic rings. The standard InChI is InChI=1S/C16H21N3O3/c1-12-10-18(2)6-7-19(12)16(20)11-22-14-5-4-13(9-17)8-15(14)21-3/h4-5,8,12H,6-7,10-11H2,1-3H3/t12-/m0/s1. The SMILES string of the molecule is COc1cc(C#N)ccc1OCC(=O)N1CCN(C)C[C@@H]1C. The molecular weight excluding hydrogens is 282 g/mol. The summed E-state index contributed by atoms with van der Waals surface area (Å²) in [5.41, 5.74) is 0.489. The lowest BCUT2D eigenvalue weighted by Gasteiger charge is -2.38. The van der Waals surface area contributed by atoms with E-state index >= 15 is 0 Å². The Hall–Kier alpha value is -2.26. The molecule has 1 aromatic carbocycles. The molecule has 0 aromatic heterocycles. The van der Waals surface area contributed by atoms with E-state index in [1.807, 2.05) is 17.9 Å². The molecule has 1 fully saturated rings. The van der Waals surface area contributed by atoms with Crippen LogP contribution in [0.4, 0.5) is 0 Å². The minimum absolute atomic E-state index is 0.0314. The molecule has 0 aliphatic carbocycles. The van der Waals surface area contributed by atoms with E-state index in [1.54, 1.807) is 18.2 Å². The molecule has 1 saturated heterocycles. The van der Waals surface area contributed by atoms with Crippen LogP contribution in [0.15, 0.2) is 18.2 Å². The minimum Gasteiger partial charge on any atom is -0.493 e. The molecule has 0 spiro atoms. The summed E-state index contributed by atoms with van der Waals surface area (Å²) in [6.07, 6.45) is 0. The van der Waals surface area contributed by atoms with Crippen LogP contribution in [0.25, 0.3) is 0 Å². The summed E-state index contributed by atoms with van der Waals surface area (Å²) in [7, 11) is 3.56. The van der Waals surface area contributed by atoms with Crippen LogP contribution in [-0.4, -0.2) is 62.1 Å². The number of methoxy groups -OCH3 is 1. The van der Waals surface area contributed by atoms with Gasteiger partial charge in [-0.25, -0.2) is 0 Å². The quantitative estimate of drug-likeness (QED) is 0.833. The van der Waals surface area contributed by atoms with Gasteiger partial charge in [-0.05, 0) is 26.1 Å². The molecule has 6 heteroatoms. The third-order valence-corrected chi connectivity index (χ3v) is 3.79. The molecular formula is C16H21N3O3. The van der Waals surface area contributed by atoms with Gasteiger partial charge in [-0.3, -0.25) is 4.79 Å². The number of hydrogen-bond donors (Lipinski definition) is 0. The summed E-state index contributed by atoms with van der Waals surface area (Å²) in [5.74, 6) is 0.891. The monoisotopic (exact) mass is 303 g/mol. The number of ether oxygens (including phenoxy) is 2. The first kappa shape index (κ1) is 16.1. The van der Waals surface area contributed by atoms with Crippen LogP contribution in [0.3, 0.4) is 0 Å². The predicted molar refractivity (Wildman–Crippen MR) is 81.9 cm³/mol. The zero-order valence-electron chi connectivity index (χ0n) is 13.2. The molecule has 0 N–H and O–H groups in total. The molecule has 1 heterocycles. The van der Waals surface area contributed by atoms with Crippen molar-refractivity contribution >= 4 is 5.91 Å². The van der Waals surface area contributed by atoms with E-state index in [0.29, 0.717) is 23.6 Å². The number of amides is 1. The second kappa shape index (κ2) is 7.14. The second-order valence-corrected chi connectivity index (χ2v) is 5.46. The van der Waals surface area contributed by atoms with Crippen molar-refractivity contribution in [2.45, 2.75) is 13.0 Å². The summed E-state index contributed by atoms with van der Waals surface area (Å²) in [5, 5.41) is 8.88. The third-order valence-electron chi connectivity index (χ3n) is 3.79. The average molecular weight is 303 g/mol. The fourth-order valence-electron chi connectivity index (χ4n) is 2.59. The van der Waals surface area contributed by atoms with Crippen LogP contribution in [0, 0.1) is 11.3 Å². The molecule has 22 heavy (non-hydrogen) atoms. The van der Waals surface area contributed by atoms with Gasteiger partial charge in [-0.15, -0.1) is 0 Å². The van der Waals surface area contributed by atoms with E-state index in [9.17, 15) is 4.79 Å². The number of benzene rings is 1. The largest absolute Gasteiger partial charge is 0.493 e. The molecule has 1 atom stereocenters. The molecule has 1 aromatic rings. The van der Waals surface area contributed by atoms with Crippen molar-refractivity contribution in [1.82, 2.24) is 9.80 Å². The van der Waals surface area contributed by atoms with Gasteiger partial charge in [-0.1, -0.05) is 0 Å². The smallest absolute Gasteiger partial charge is 0.260 e. The van der Waals surface area contributed by atoms with Crippen molar-refractivity contribution in [3.8, 4) is 17.6 Å². The number of rotatable bonds is 4. The Labute approximate surface area is 130 Å². The number of carbonyl (C=O) groups is 1. The van der Waals surface area contributed by atoms with Crippen molar-refractivity contribution in [1.29, 1.82) is 5.26 Å². The van der Waals surface area contributed by atoms with Crippen LogP contribution < -0.4 is 9.47 Å². The van der Waals surface area contributed by atoms with Crippen LogP contribution >= 0.6 is 0 Å². The van der Waals surface area contributed by atoms with Crippen LogP contribution in [0.2, 0.25) is 0 Å². The maximum Gasteiger partial charge on any atom is 0.260 e. The number of carbonyl (C=O) groups excluding carboxylic acids is 1. The molecule has 2 rings (SSSR count). The van der Waals surface area contributed by atoms with E-state index in [1.165, 1.54) is 7.11 Å². The number of hydrogen-bond acceptors (Lipinski definition) is 5. The van der Waals surface area contributed by atoms with Gasteiger partial charge in [0.25, 0.3) is 5.91 Å². The lowest BCUT2D eigenvalue weighted by molar-refractivity contribution is -0.137. The van der Waals surface area contributed by atoms with Crippen LogP contribution in [-0.2, 0) is 4.79 Å². The third kappa shape index (κ3) is 3.68. The Morgan fingerprint density at radius 3 is 2.82 bits per heavy atom. The van der Waals surface area contributed by atoms with E-state index in [0.717, 1.165) is 13.1 Å². The Morgan fingerprint density at radius 2 is 2.18 bits per heavy atom. The molecule has 0 saturated carbocycles. The molecule has 6 nitrogen and oxygen atoms in total. The van der Waals surface area contributed by atoms with Crippen molar-refractivity contribution in [3.63, 3.8) is 0 Å². The zero-order chi connectivity index (χ0) is 16.1.